The van der Waals surface area contributed by atoms with Crippen LogP contribution in [0.1, 0.15) is 35.7 Å². The zero-order valence-corrected chi connectivity index (χ0v) is 19.4. The average Bonchev–Trinajstić information content (AvgIpc) is 3.43. The van der Waals surface area contributed by atoms with Gasteiger partial charge in [-0.25, -0.2) is 9.59 Å². The lowest BCUT2D eigenvalue weighted by molar-refractivity contribution is 0.0695. The first-order valence-corrected chi connectivity index (χ1v) is 11.5. The van der Waals surface area contributed by atoms with Crippen LogP contribution in [-0.2, 0) is 4.74 Å². The molecule has 3 N–H and O–H groups in total. The summed E-state index contributed by atoms with van der Waals surface area (Å²) in [5, 5.41) is 16.9. The van der Waals surface area contributed by atoms with Crippen LogP contribution in [0, 0.1) is 5.92 Å². The van der Waals surface area contributed by atoms with Crippen LogP contribution in [0.2, 0.25) is 0 Å². The molecule has 0 saturated carbocycles. The van der Waals surface area contributed by atoms with Crippen molar-refractivity contribution in [3.05, 3.63) is 87.9 Å². The van der Waals surface area contributed by atoms with Crippen molar-refractivity contribution in [1.29, 1.82) is 0 Å². The summed E-state index contributed by atoms with van der Waals surface area (Å²) in [7, 11) is 0. The van der Waals surface area contributed by atoms with Crippen LogP contribution in [0.5, 0.6) is 0 Å². The Morgan fingerprint density at radius 1 is 1.23 bits per heavy atom. The molecule has 180 valence electrons. The molecule has 1 aliphatic heterocycles. The van der Waals surface area contributed by atoms with E-state index >= 15 is 0 Å². The first kappa shape index (κ1) is 22.7. The number of aromatic carboxylic acids is 1. The Labute approximate surface area is 201 Å². The lowest BCUT2D eigenvalue weighted by Gasteiger charge is -2.30. The van der Waals surface area contributed by atoms with Crippen molar-refractivity contribution in [3.63, 3.8) is 0 Å². The Morgan fingerprint density at radius 3 is 2.77 bits per heavy atom. The molecule has 0 amide bonds. The summed E-state index contributed by atoms with van der Waals surface area (Å²) in [6.07, 6.45) is 5.94. The van der Waals surface area contributed by atoms with Crippen LogP contribution in [0.15, 0.2) is 75.6 Å². The van der Waals surface area contributed by atoms with Gasteiger partial charge in [0.05, 0.1) is 16.9 Å². The molecular weight excluding hydrogens is 448 g/mol. The summed E-state index contributed by atoms with van der Waals surface area (Å²) in [4.78, 5) is 28.0. The summed E-state index contributed by atoms with van der Waals surface area (Å²) < 4.78 is 10.6. The minimum atomic E-state index is -0.977. The number of fused-ring (bicyclic) bond motifs is 1. The van der Waals surface area contributed by atoms with Gasteiger partial charge in [0.2, 0.25) is 6.35 Å². The number of hydrogen-bond donors (Lipinski definition) is 3. The van der Waals surface area contributed by atoms with E-state index in [-0.39, 0.29) is 17.4 Å². The number of H-pyrrole nitrogens is 1. The van der Waals surface area contributed by atoms with Gasteiger partial charge in [-0.1, -0.05) is 60.6 Å². The molecule has 2 aliphatic rings. The Kier molecular flexibility index (Phi) is 6.00. The lowest BCUT2D eigenvalue weighted by atomic mass is 9.80. The number of nitrogens with one attached hydrogen (secondary N) is 2. The number of ether oxygens (including phenoxy) is 1. The van der Waals surface area contributed by atoms with E-state index in [4.69, 9.17) is 9.26 Å². The van der Waals surface area contributed by atoms with E-state index in [0.29, 0.717) is 24.7 Å². The molecule has 2 aromatic carbocycles. The van der Waals surface area contributed by atoms with Crippen LogP contribution in [0.3, 0.4) is 0 Å². The molecule has 0 spiro atoms. The zero-order valence-electron chi connectivity index (χ0n) is 19.4. The largest absolute Gasteiger partial charge is 0.478 e. The number of benzene rings is 2. The van der Waals surface area contributed by atoms with E-state index in [0.717, 1.165) is 22.4 Å². The van der Waals surface area contributed by atoms with Crippen molar-refractivity contribution in [3.8, 4) is 11.4 Å². The van der Waals surface area contributed by atoms with Gasteiger partial charge in [-0.05, 0) is 36.1 Å². The third kappa shape index (κ3) is 4.26. The highest BCUT2D eigenvalue weighted by atomic mass is 16.5. The van der Waals surface area contributed by atoms with Crippen LogP contribution in [-0.4, -0.2) is 40.7 Å². The Bertz CT molecular complexity index is 1370. The third-order valence-electron chi connectivity index (χ3n) is 6.37. The molecule has 0 saturated heterocycles. The monoisotopic (exact) mass is 474 g/mol. The van der Waals surface area contributed by atoms with Crippen LogP contribution < -0.4 is 16.0 Å². The van der Waals surface area contributed by atoms with Gasteiger partial charge >= 0.3 is 11.7 Å². The SMILES string of the molecule is CCOC1Nc2cccc(C(=O)O)c2N1CC1=CC(C)C(c2ccccc2-c2noc(=O)[nH]2)C=C1. The fourth-order valence-electron chi connectivity index (χ4n) is 4.86. The number of anilines is 2. The number of carboxylic acids is 1. The second-order valence-electron chi connectivity index (χ2n) is 8.60. The molecule has 2 heterocycles. The molecule has 5 rings (SSSR count). The maximum atomic E-state index is 11.9. The number of rotatable bonds is 7. The molecule has 0 radical (unpaired) electrons. The molecule has 1 aromatic heterocycles. The summed E-state index contributed by atoms with van der Waals surface area (Å²) in [5.74, 6) is -0.953. The number of aromatic nitrogens is 2. The molecule has 9 heteroatoms. The molecule has 0 fully saturated rings. The van der Waals surface area contributed by atoms with Gasteiger partial charge in [0.1, 0.15) is 0 Å². The second-order valence-corrected chi connectivity index (χ2v) is 8.60. The maximum absolute atomic E-state index is 11.9. The molecule has 3 unspecified atom stereocenters. The molecule has 0 bridgehead atoms. The highest BCUT2D eigenvalue weighted by Gasteiger charge is 2.34. The Balaban J connectivity index is 1.43. The highest BCUT2D eigenvalue weighted by Crippen LogP contribution is 2.41. The quantitative estimate of drug-likeness (QED) is 0.466. The Morgan fingerprint density at radius 2 is 2.06 bits per heavy atom. The van der Waals surface area contributed by atoms with Crippen molar-refractivity contribution in [2.45, 2.75) is 26.1 Å². The summed E-state index contributed by atoms with van der Waals surface area (Å²) in [6, 6.07) is 13.0. The topological polar surface area (TPSA) is 121 Å². The van der Waals surface area contributed by atoms with Gasteiger partial charge in [0, 0.05) is 24.6 Å². The first-order valence-electron chi connectivity index (χ1n) is 11.5. The number of carbonyl (C=O) groups is 1. The standard InChI is InChI=1S/C26H26N4O5/c1-3-34-25-27-21-10-6-9-20(24(31)32)22(21)30(25)14-16-11-12-17(15(2)13-16)18-7-4-5-8-19(18)23-28-26(33)35-29-23/h4-13,15,17,25,27H,3,14H2,1-2H3,(H,31,32)(H,28,29,33). The predicted molar refractivity (Wildman–Crippen MR) is 131 cm³/mol. The highest BCUT2D eigenvalue weighted by molar-refractivity contribution is 5.99. The lowest BCUT2D eigenvalue weighted by Crippen LogP contribution is -2.40. The van der Waals surface area contributed by atoms with E-state index in [1.165, 1.54) is 0 Å². The van der Waals surface area contributed by atoms with Gasteiger partial charge in [-0.15, -0.1) is 0 Å². The van der Waals surface area contributed by atoms with Crippen molar-refractivity contribution in [2.24, 2.45) is 5.92 Å². The Hall–Kier alpha value is -4.11. The van der Waals surface area contributed by atoms with Gasteiger partial charge in [-0.3, -0.25) is 9.51 Å². The summed E-state index contributed by atoms with van der Waals surface area (Å²) in [5.41, 5.74) is 4.51. The van der Waals surface area contributed by atoms with Crippen molar-refractivity contribution < 1.29 is 19.2 Å². The van der Waals surface area contributed by atoms with E-state index in [1.807, 2.05) is 42.2 Å². The number of nitrogens with zero attached hydrogens (tertiary/aromatic N) is 2. The molecule has 3 aromatic rings. The maximum Gasteiger partial charge on any atom is 0.439 e. The third-order valence-corrected chi connectivity index (χ3v) is 6.37. The summed E-state index contributed by atoms with van der Waals surface area (Å²) >= 11 is 0. The van der Waals surface area contributed by atoms with Crippen molar-refractivity contribution in [1.82, 2.24) is 10.1 Å². The number of allylic oxidation sites excluding steroid dienone is 2. The van der Waals surface area contributed by atoms with Crippen LogP contribution >= 0.6 is 0 Å². The van der Waals surface area contributed by atoms with Crippen LogP contribution in [0.4, 0.5) is 11.4 Å². The van der Waals surface area contributed by atoms with E-state index in [2.05, 4.69) is 40.6 Å². The number of aromatic amines is 1. The minimum Gasteiger partial charge on any atom is -0.478 e. The van der Waals surface area contributed by atoms with Gasteiger partial charge < -0.3 is 20.1 Å². The molecule has 9 nitrogen and oxygen atoms in total. The zero-order chi connectivity index (χ0) is 24.5. The second kappa shape index (κ2) is 9.27. The summed E-state index contributed by atoms with van der Waals surface area (Å²) in [6.45, 7) is 5.02. The molecular formula is C26H26N4O5. The fourth-order valence-corrected chi connectivity index (χ4v) is 4.86. The number of para-hydroxylation sites is 1. The fraction of sp³-hybridized carbons (Fsp3) is 0.269. The molecule has 1 aliphatic carbocycles. The minimum absolute atomic E-state index is 0.0661. The predicted octanol–water partition coefficient (Wildman–Crippen LogP) is 4.20. The van der Waals surface area contributed by atoms with E-state index in [1.54, 1.807) is 12.1 Å². The average molecular weight is 475 g/mol. The van der Waals surface area contributed by atoms with E-state index in [9.17, 15) is 14.7 Å². The van der Waals surface area contributed by atoms with Crippen molar-refractivity contribution >= 4 is 17.3 Å². The van der Waals surface area contributed by atoms with E-state index < -0.39 is 18.1 Å². The molecule has 3 atom stereocenters. The van der Waals surface area contributed by atoms with Gasteiger partial charge in [0.15, 0.2) is 5.82 Å². The number of carboxylic acid groups (broad SMARTS) is 1. The number of hydrogen-bond acceptors (Lipinski definition) is 7. The molecule has 35 heavy (non-hydrogen) atoms. The van der Waals surface area contributed by atoms with Crippen molar-refractivity contribution in [2.75, 3.05) is 23.4 Å². The smallest absolute Gasteiger partial charge is 0.439 e. The van der Waals surface area contributed by atoms with Crippen LogP contribution in [0.25, 0.3) is 11.4 Å². The normalized spacial score (nSPS) is 20.9. The van der Waals surface area contributed by atoms with Gasteiger partial charge in [-0.2, -0.15) is 0 Å². The first-order chi connectivity index (χ1) is 17.0. The van der Waals surface area contributed by atoms with Gasteiger partial charge in [0.25, 0.3) is 0 Å².